The maximum absolute atomic E-state index is 12.2. The maximum atomic E-state index is 12.2. The summed E-state index contributed by atoms with van der Waals surface area (Å²) in [6.45, 7) is 1.74. The minimum absolute atomic E-state index is 0.198. The molecule has 0 amide bonds. The number of hydrogen-bond acceptors (Lipinski definition) is 2. The first-order chi connectivity index (χ1) is 7.72. The molecule has 0 bridgehead atoms. The van der Waals surface area contributed by atoms with Gasteiger partial charge in [0.15, 0.2) is 0 Å². The summed E-state index contributed by atoms with van der Waals surface area (Å²) in [5, 5.41) is 0. The molecule has 0 aromatic carbocycles. The third-order valence-corrected chi connectivity index (χ3v) is 2.42. The summed E-state index contributed by atoms with van der Waals surface area (Å²) in [5.41, 5.74) is 0. The van der Waals surface area contributed by atoms with E-state index in [1.165, 1.54) is 0 Å². The van der Waals surface area contributed by atoms with E-state index >= 15 is 0 Å². The quantitative estimate of drug-likeness (QED) is 0.660. The van der Waals surface area contributed by atoms with Crippen LogP contribution in [0.5, 0.6) is 0 Å². The third-order valence-electron chi connectivity index (χ3n) is 2.25. The van der Waals surface area contributed by atoms with E-state index in [1.54, 1.807) is 17.4 Å². The molecule has 1 heterocycles. The number of aromatic nitrogens is 2. The first-order valence-electron chi connectivity index (χ1n) is 5.24. The summed E-state index contributed by atoms with van der Waals surface area (Å²) < 4.78 is 26.3. The largest absolute Gasteiger partial charge is 0.337 e. The van der Waals surface area contributed by atoms with Gasteiger partial charge < -0.3 is 4.57 Å². The van der Waals surface area contributed by atoms with Gasteiger partial charge in [0.2, 0.25) is 0 Å². The number of nitrogens with zero attached hydrogens (tertiary/aromatic N) is 3. The molecule has 0 aliphatic heterocycles. The lowest BCUT2D eigenvalue weighted by atomic mass is 10.3. The number of imidazole rings is 1. The van der Waals surface area contributed by atoms with E-state index in [0.29, 0.717) is 19.0 Å². The van der Waals surface area contributed by atoms with Crippen LogP contribution in [0.3, 0.4) is 0 Å². The van der Waals surface area contributed by atoms with Gasteiger partial charge in [-0.3, -0.25) is 4.90 Å². The number of rotatable bonds is 8. The van der Waals surface area contributed by atoms with E-state index in [0.717, 1.165) is 13.0 Å². The van der Waals surface area contributed by atoms with Crippen LogP contribution in [-0.4, -0.2) is 46.4 Å². The van der Waals surface area contributed by atoms with Crippen molar-refractivity contribution in [1.29, 1.82) is 0 Å². The molecule has 0 atom stereocenters. The predicted octanol–water partition coefficient (Wildman–Crippen LogP) is 2.08. The molecule has 0 fully saturated rings. The molecule has 0 radical (unpaired) electrons. The van der Waals surface area contributed by atoms with Gasteiger partial charge >= 0.3 is 0 Å². The van der Waals surface area contributed by atoms with Gasteiger partial charge in [-0.2, -0.15) is 0 Å². The second kappa shape index (κ2) is 7.57. The van der Waals surface area contributed by atoms with Crippen molar-refractivity contribution >= 4 is 11.6 Å². The Labute approximate surface area is 99.0 Å². The second-order valence-corrected chi connectivity index (χ2v) is 3.91. The van der Waals surface area contributed by atoms with Crippen molar-refractivity contribution in [3.05, 3.63) is 18.7 Å². The summed E-state index contributed by atoms with van der Waals surface area (Å²) in [6.07, 6.45) is 3.81. The molecule has 16 heavy (non-hydrogen) atoms. The lowest BCUT2D eigenvalue weighted by Crippen LogP contribution is -2.32. The fourth-order valence-corrected chi connectivity index (χ4v) is 1.74. The topological polar surface area (TPSA) is 21.1 Å². The van der Waals surface area contributed by atoms with Gasteiger partial charge in [0.25, 0.3) is 6.43 Å². The molecule has 0 spiro atoms. The lowest BCUT2D eigenvalue weighted by molar-refractivity contribution is 0.0900. The number of alkyl halides is 3. The van der Waals surface area contributed by atoms with Crippen LogP contribution in [-0.2, 0) is 6.54 Å². The van der Waals surface area contributed by atoms with Crippen LogP contribution in [0.15, 0.2) is 18.7 Å². The van der Waals surface area contributed by atoms with Crippen LogP contribution in [0.25, 0.3) is 0 Å². The lowest BCUT2D eigenvalue weighted by Gasteiger charge is -2.20. The summed E-state index contributed by atoms with van der Waals surface area (Å²) in [5.74, 6) is 0.387. The fourth-order valence-electron chi connectivity index (χ4n) is 1.50. The van der Waals surface area contributed by atoms with Crippen molar-refractivity contribution in [3.8, 4) is 0 Å². The molecule has 0 saturated heterocycles. The monoisotopic (exact) mass is 251 g/mol. The highest BCUT2D eigenvalue weighted by Crippen LogP contribution is 2.01. The van der Waals surface area contributed by atoms with E-state index in [2.05, 4.69) is 4.98 Å². The van der Waals surface area contributed by atoms with E-state index in [4.69, 9.17) is 11.6 Å². The molecule has 0 aliphatic rings. The zero-order chi connectivity index (χ0) is 11.8. The summed E-state index contributed by atoms with van der Waals surface area (Å²) in [7, 11) is 0. The Morgan fingerprint density at radius 3 is 2.75 bits per heavy atom. The smallest absolute Gasteiger partial charge is 0.251 e. The normalized spacial score (nSPS) is 11.6. The Kier molecular flexibility index (Phi) is 6.33. The van der Waals surface area contributed by atoms with Gasteiger partial charge in [0.1, 0.15) is 0 Å². The van der Waals surface area contributed by atoms with Crippen molar-refractivity contribution in [1.82, 2.24) is 14.5 Å². The molecule has 92 valence electrons. The van der Waals surface area contributed by atoms with E-state index < -0.39 is 6.43 Å². The van der Waals surface area contributed by atoms with Gasteiger partial charge in [-0.1, -0.05) is 0 Å². The summed E-state index contributed by atoms with van der Waals surface area (Å²) >= 11 is 5.56. The average Bonchev–Trinajstić information content (AvgIpc) is 2.70. The van der Waals surface area contributed by atoms with Crippen molar-refractivity contribution in [2.45, 2.75) is 19.4 Å². The predicted molar refractivity (Wildman–Crippen MR) is 60.0 cm³/mol. The Morgan fingerprint density at radius 2 is 2.19 bits per heavy atom. The zero-order valence-electron chi connectivity index (χ0n) is 9.03. The van der Waals surface area contributed by atoms with Crippen LogP contribution in [0.4, 0.5) is 8.78 Å². The highest BCUT2D eigenvalue weighted by Gasteiger charge is 2.10. The van der Waals surface area contributed by atoms with Crippen LogP contribution < -0.4 is 0 Å². The van der Waals surface area contributed by atoms with E-state index in [9.17, 15) is 8.78 Å². The maximum Gasteiger partial charge on any atom is 0.251 e. The fraction of sp³-hybridized carbons (Fsp3) is 0.700. The SMILES string of the molecule is FC(F)CN(CCCl)CCCn1ccnc1. The Balaban J connectivity index is 2.21. The minimum atomic E-state index is -2.29. The number of aryl methyl sites for hydroxylation is 1. The summed E-state index contributed by atoms with van der Waals surface area (Å²) in [4.78, 5) is 5.60. The van der Waals surface area contributed by atoms with Crippen molar-refractivity contribution in [2.75, 3.05) is 25.5 Å². The highest BCUT2D eigenvalue weighted by atomic mass is 35.5. The van der Waals surface area contributed by atoms with Gasteiger partial charge in [-0.05, 0) is 6.42 Å². The molecule has 0 aliphatic carbocycles. The molecule has 1 aromatic heterocycles. The zero-order valence-corrected chi connectivity index (χ0v) is 9.78. The standard InChI is InChI=1S/C10H16ClF2N3/c11-2-6-15(8-10(12)13)4-1-5-16-7-3-14-9-16/h3,7,9-10H,1-2,4-6,8H2. The second-order valence-electron chi connectivity index (χ2n) is 3.53. The molecule has 1 rings (SSSR count). The van der Waals surface area contributed by atoms with E-state index in [1.807, 2.05) is 10.8 Å². The Hall–Kier alpha value is -0.680. The third kappa shape index (κ3) is 5.42. The first kappa shape index (κ1) is 13.4. The molecule has 3 nitrogen and oxygen atoms in total. The number of hydrogen-bond donors (Lipinski definition) is 0. The molecule has 0 N–H and O–H groups in total. The summed E-state index contributed by atoms with van der Waals surface area (Å²) in [6, 6.07) is 0. The number of halogens is 3. The molecule has 6 heteroatoms. The average molecular weight is 252 g/mol. The van der Waals surface area contributed by atoms with Crippen molar-refractivity contribution in [2.24, 2.45) is 0 Å². The molecule has 0 saturated carbocycles. The Morgan fingerprint density at radius 1 is 1.38 bits per heavy atom. The van der Waals surface area contributed by atoms with Crippen LogP contribution >= 0.6 is 11.6 Å². The van der Waals surface area contributed by atoms with Gasteiger partial charge in [-0.25, -0.2) is 13.8 Å². The molecule has 1 aromatic rings. The minimum Gasteiger partial charge on any atom is -0.337 e. The van der Waals surface area contributed by atoms with Crippen molar-refractivity contribution < 1.29 is 8.78 Å². The molecular formula is C10H16ClF2N3. The van der Waals surface area contributed by atoms with Crippen LogP contribution in [0.2, 0.25) is 0 Å². The van der Waals surface area contributed by atoms with Crippen LogP contribution in [0, 0.1) is 0 Å². The van der Waals surface area contributed by atoms with Gasteiger partial charge in [0, 0.05) is 37.9 Å². The van der Waals surface area contributed by atoms with Gasteiger partial charge in [0.05, 0.1) is 12.9 Å². The first-order valence-corrected chi connectivity index (χ1v) is 5.78. The van der Waals surface area contributed by atoms with Gasteiger partial charge in [-0.15, -0.1) is 11.6 Å². The highest BCUT2D eigenvalue weighted by molar-refractivity contribution is 6.18. The van der Waals surface area contributed by atoms with E-state index in [-0.39, 0.29) is 6.54 Å². The molecular weight excluding hydrogens is 236 g/mol. The van der Waals surface area contributed by atoms with Crippen molar-refractivity contribution in [3.63, 3.8) is 0 Å². The molecule has 0 unspecified atom stereocenters. The van der Waals surface area contributed by atoms with Crippen LogP contribution in [0.1, 0.15) is 6.42 Å². The Bertz CT molecular complexity index is 267.